The van der Waals surface area contributed by atoms with Gasteiger partial charge >= 0.3 is 0 Å². The van der Waals surface area contributed by atoms with E-state index in [1.54, 1.807) is 18.4 Å². The number of carbonyl (C=O) groups excluding carboxylic acids is 1. The van der Waals surface area contributed by atoms with Gasteiger partial charge in [0.1, 0.15) is 0 Å². The molecule has 1 aromatic carbocycles. The highest BCUT2D eigenvalue weighted by Crippen LogP contribution is 2.20. The van der Waals surface area contributed by atoms with Crippen LogP contribution in [0, 0.1) is 6.92 Å². The van der Waals surface area contributed by atoms with E-state index in [2.05, 4.69) is 27.9 Å². The van der Waals surface area contributed by atoms with Gasteiger partial charge in [0.2, 0.25) is 0 Å². The number of rotatable bonds is 6. The maximum absolute atomic E-state index is 11.8. The Bertz CT molecular complexity index is 622. The quantitative estimate of drug-likeness (QED) is 0.860. The van der Waals surface area contributed by atoms with Crippen molar-refractivity contribution in [2.45, 2.75) is 33.2 Å². The van der Waals surface area contributed by atoms with Crippen LogP contribution in [0.1, 0.15) is 40.0 Å². The number of hydrogen-bond donors (Lipinski definition) is 2. The standard InChI is InChI=1S/C16H21N3OS/c1-4-6-15-19-12(10-21-15)9-18-14-8-5-7-13(11(14)2)16(20)17-3/h5,7-8,10,18H,4,6,9H2,1-3H3,(H,17,20). The van der Waals surface area contributed by atoms with Gasteiger partial charge in [0.25, 0.3) is 5.91 Å². The average Bonchev–Trinajstić information content (AvgIpc) is 2.93. The molecule has 0 unspecified atom stereocenters. The first-order valence-corrected chi connectivity index (χ1v) is 8.02. The second-order valence-electron chi connectivity index (χ2n) is 4.89. The van der Waals surface area contributed by atoms with Gasteiger partial charge in [-0.3, -0.25) is 4.79 Å². The number of anilines is 1. The summed E-state index contributed by atoms with van der Waals surface area (Å²) in [5.74, 6) is -0.0601. The maximum Gasteiger partial charge on any atom is 0.251 e. The SMILES string of the molecule is CCCc1nc(CNc2cccc(C(=O)NC)c2C)cs1. The highest BCUT2D eigenvalue weighted by atomic mass is 32.1. The van der Waals surface area contributed by atoms with Crippen LogP contribution in [0.15, 0.2) is 23.6 Å². The van der Waals surface area contributed by atoms with Gasteiger partial charge in [0, 0.05) is 23.7 Å². The number of hydrogen-bond acceptors (Lipinski definition) is 4. The van der Waals surface area contributed by atoms with Crippen molar-refractivity contribution in [1.29, 1.82) is 0 Å². The summed E-state index contributed by atoms with van der Waals surface area (Å²) < 4.78 is 0. The molecule has 5 heteroatoms. The Balaban J connectivity index is 2.07. The summed E-state index contributed by atoms with van der Waals surface area (Å²) in [6.45, 7) is 4.79. The molecule has 0 aliphatic carbocycles. The largest absolute Gasteiger partial charge is 0.379 e. The molecule has 1 amide bonds. The number of nitrogens with zero attached hydrogens (tertiary/aromatic N) is 1. The van der Waals surface area contributed by atoms with Crippen LogP contribution >= 0.6 is 11.3 Å². The van der Waals surface area contributed by atoms with Crippen molar-refractivity contribution in [3.63, 3.8) is 0 Å². The third-order valence-electron chi connectivity index (χ3n) is 3.33. The molecule has 2 N–H and O–H groups in total. The Morgan fingerprint density at radius 2 is 2.19 bits per heavy atom. The molecule has 2 aromatic rings. The zero-order chi connectivity index (χ0) is 15.2. The summed E-state index contributed by atoms with van der Waals surface area (Å²) in [6.07, 6.45) is 2.16. The van der Waals surface area contributed by atoms with Crippen molar-refractivity contribution in [2.24, 2.45) is 0 Å². The van der Waals surface area contributed by atoms with Gasteiger partial charge in [-0.1, -0.05) is 13.0 Å². The predicted molar refractivity (Wildman–Crippen MR) is 88.0 cm³/mol. The predicted octanol–water partition coefficient (Wildman–Crippen LogP) is 3.38. The molecule has 1 heterocycles. The summed E-state index contributed by atoms with van der Waals surface area (Å²) in [6, 6.07) is 5.71. The third-order valence-corrected chi connectivity index (χ3v) is 4.29. The Kier molecular flexibility index (Phi) is 5.33. The molecule has 0 aliphatic rings. The fourth-order valence-corrected chi connectivity index (χ4v) is 3.05. The lowest BCUT2D eigenvalue weighted by Gasteiger charge is -2.11. The van der Waals surface area contributed by atoms with Gasteiger partial charge < -0.3 is 10.6 Å². The molecule has 0 saturated heterocycles. The van der Waals surface area contributed by atoms with Crippen LogP contribution in [0.3, 0.4) is 0 Å². The van der Waals surface area contributed by atoms with E-state index in [0.717, 1.165) is 29.8 Å². The van der Waals surface area contributed by atoms with Gasteiger partial charge in [-0.15, -0.1) is 11.3 Å². The molecule has 0 radical (unpaired) electrons. The van der Waals surface area contributed by atoms with E-state index in [1.807, 2.05) is 25.1 Å². The molecule has 1 aromatic heterocycles. The molecule has 0 spiro atoms. The van der Waals surface area contributed by atoms with Gasteiger partial charge in [-0.25, -0.2) is 4.98 Å². The smallest absolute Gasteiger partial charge is 0.251 e. The number of thiazole rings is 1. The number of benzene rings is 1. The summed E-state index contributed by atoms with van der Waals surface area (Å²) in [4.78, 5) is 16.4. The molecule has 0 bridgehead atoms. The molecule has 0 fully saturated rings. The van der Waals surface area contributed by atoms with E-state index < -0.39 is 0 Å². The summed E-state index contributed by atoms with van der Waals surface area (Å²) >= 11 is 1.71. The average molecular weight is 303 g/mol. The minimum Gasteiger partial charge on any atom is -0.379 e. The van der Waals surface area contributed by atoms with Gasteiger partial charge in [-0.2, -0.15) is 0 Å². The van der Waals surface area contributed by atoms with Crippen LogP contribution in [-0.4, -0.2) is 17.9 Å². The van der Waals surface area contributed by atoms with Crippen molar-refractivity contribution in [2.75, 3.05) is 12.4 Å². The van der Waals surface area contributed by atoms with Crippen LogP contribution in [0.4, 0.5) is 5.69 Å². The van der Waals surface area contributed by atoms with Crippen molar-refractivity contribution >= 4 is 22.9 Å². The van der Waals surface area contributed by atoms with Crippen LogP contribution in [0.25, 0.3) is 0 Å². The molecule has 0 aliphatic heterocycles. The highest BCUT2D eigenvalue weighted by Gasteiger charge is 2.10. The number of amides is 1. The lowest BCUT2D eigenvalue weighted by molar-refractivity contribution is 0.0962. The normalized spacial score (nSPS) is 10.4. The first-order chi connectivity index (χ1) is 10.2. The molecule has 4 nitrogen and oxygen atoms in total. The molecular formula is C16H21N3OS. The van der Waals surface area contributed by atoms with E-state index in [1.165, 1.54) is 5.01 Å². The fraction of sp³-hybridized carbons (Fsp3) is 0.375. The zero-order valence-electron chi connectivity index (χ0n) is 12.7. The lowest BCUT2D eigenvalue weighted by Crippen LogP contribution is -2.19. The topological polar surface area (TPSA) is 54.0 Å². The van der Waals surface area contributed by atoms with Gasteiger partial charge in [0.05, 0.1) is 17.2 Å². The van der Waals surface area contributed by atoms with Crippen LogP contribution < -0.4 is 10.6 Å². The fourth-order valence-electron chi connectivity index (χ4n) is 2.15. The Morgan fingerprint density at radius 1 is 1.38 bits per heavy atom. The number of aryl methyl sites for hydroxylation is 1. The maximum atomic E-state index is 11.8. The van der Waals surface area contributed by atoms with E-state index in [4.69, 9.17) is 0 Å². The zero-order valence-corrected chi connectivity index (χ0v) is 13.5. The number of nitrogens with one attached hydrogen (secondary N) is 2. The van der Waals surface area contributed by atoms with E-state index in [-0.39, 0.29) is 5.91 Å². The molecule has 112 valence electrons. The van der Waals surface area contributed by atoms with E-state index in [9.17, 15) is 4.79 Å². The second-order valence-corrected chi connectivity index (χ2v) is 5.84. The van der Waals surface area contributed by atoms with Crippen molar-refractivity contribution in [3.05, 3.63) is 45.4 Å². The van der Waals surface area contributed by atoms with Crippen LogP contribution in [0.5, 0.6) is 0 Å². The van der Waals surface area contributed by atoms with Crippen molar-refractivity contribution in [3.8, 4) is 0 Å². The molecule has 2 rings (SSSR count). The van der Waals surface area contributed by atoms with Crippen molar-refractivity contribution < 1.29 is 4.79 Å². The summed E-state index contributed by atoms with van der Waals surface area (Å²) in [5, 5.41) is 9.31. The Labute approximate surface area is 129 Å². The summed E-state index contributed by atoms with van der Waals surface area (Å²) in [7, 11) is 1.65. The van der Waals surface area contributed by atoms with E-state index >= 15 is 0 Å². The molecule has 0 atom stereocenters. The first-order valence-electron chi connectivity index (χ1n) is 7.14. The summed E-state index contributed by atoms with van der Waals surface area (Å²) in [5.41, 5.74) is 3.68. The lowest BCUT2D eigenvalue weighted by atomic mass is 10.1. The molecule has 21 heavy (non-hydrogen) atoms. The molecular weight excluding hydrogens is 282 g/mol. The molecule has 0 saturated carbocycles. The van der Waals surface area contributed by atoms with Crippen LogP contribution in [-0.2, 0) is 13.0 Å². The number of carbonyl (C=O) groups is 1. The second kappa shape index (κ2) is 7.22. The minimum atomic E-state index is -0.0601. The monoisotopic (exact) mass is 303 g/mol. The van der Waals surface area contributed by atoms with E-state index in [0.29, 0.717) is 12.1 Å². The van der Waals surface area contributed by atoms with Crippen LogP contribution in [0.2, 0.25) is 0 Å². The Hall–Kier alpha value is -1.88. The van der Waals surface area contributed by atoms with Gasteiger partial charge in [0.15, 0.2) is 0 Å². The highest BCUT2D eigenvalue weighted by molar-refractivity contribution is 7.09. The third kappa shape index (κ3) is 3.82. The minimum absolute atomic E-state index is 0.0601. The Morgan fingerprint density at radius 3 is 2.90 bits per heavy atom. The van der Waals surface area contributed by atoms with Crippen molar-refractivity contribution in [1.82, 2.24) is 10.3 Å². The first kappa shape index (κ1) is 15.5. The van der Waals surface area contributed by atoms with Gasteiger partial charge in [-0.05, 0) is 37.5 Å². The number of aromatic nitrogens is 1.